The first-order valence-corrected chi connectivity index (χ1v) is 31.6. The smallest absolute Gasteiger partial charge is 0.418 e. The van der Waals surface area contributed by atoms with Crippen LogP contribution in [0.5, 0.6) is 46.0 Å². The van der Waals surface area contributed by atoms with E-state index >= 15 is 0 Å². The van der Waals surface area contributed by atoms with Crippen LogP contribution in [0, 0.1) is 0 Å². The van der Waals surface area contributed by atoms with Gasteiger partial charge in [0.25, 0.3) is 0 Å². The summed E-state index contributed by atoms with van der Waals surface area (Å²) >= 11 is 0. The summed E-state index contributed by atoms with van der Waals surface area (Å²) in [5.74, 6) is 5.31. The summed E-state index contributed by atoms with van der Waals surface area (Å²) in [6.07, 6.45) is 4.17. The molecule has 0 bridgehead atoms. The Morgan fingerprint density at radius 1 is 0.373 bits per heavy atom. The lowest BCUT2D eigenvalue weighted by Gasteiger charge is -2.33. The maximum absolute atomic E-state index is 6.65. The molecule has 2 aliphatic carbocycles. The molecule has 2 heterocycles. The maximum atomic E-state index is 6.65. The van der Waals surface area contributed by atoms with Gasteiger partial charge in [-0.3, -0.25) is 9.05 Å². The fourth-order valence-corrected chi connectivity index (χ4v) is 14.9. The van der Waals surface area contributed by atoms with Crippen LogP contribution in [0.1, 0.15) is 35.1 Å². The van der Waals surface area contributed by atoms with Crippen LogP contribution in [-0.4, -0.2) is 13.2 Å². The number of benzene rings is 10. The Hall–Kier alpha value is -8.29. The Morgan fingerprint density at radius 2 is 0.831 bits per heavy atom. The maximum Gasteiger partial charge on any atom is 0.530 e. The lowest BCUT2D eigenvalue weighted by Crippen LogP contribution is -2.24. The van der Waals surface area contributed by atoms with E-state index in [-0.39, 0.29) is 18.6 Å². The van der Waals surface area contributed by atoms with E-state index in [1.807, 2.05) is 200 Å². The van der Waals surface area contributed by atoms with Gasteiger partial charge in [-0.15, -0.1) is 0 Å². The minimum absolute atomic E-state index is 0.0793. The van der Waals surface area contributed by atoms with Crippen molar-refractivity contribution in [2.45, 2.75) is 31.1 Å². The minimum Gasteiger partial charge on any atom is -0.418 e. The highest BCUT2D eigenvalue weighted by atomic mass is 31.2. The fraction of sp³-hybridized carbons (Fsp3) is 0.104. The van der Waals surface area contributed by atoms with E-state index in [1.165, 1.54) is 22.3 Å². The lowest BCUT2D eigenvalue weighted by molar-refractivity contribution is 0.186. The van der Waals surface area contributed by atoms with Gasteiger partial charge in [0.1, 0.15) is 57.2 Å². The number of para-hydroxylation sites is 4. The molecule has 3 aliphatic rings. The fourth-order valence-electron chi connectivity index (χ4n) is 10.9. The predicted octanol–water partition coefficient (Wildman–Crippen LogP) is 19.8. The number of hydrogen-bond donors (Lipinski definition) is 0. The normalized spacial score (nSPS) is 14.6. The standard InChI is InChI=1S/C67H52O12P4/c1-4-18-53(19-5-1)70-80(72-56-34-31-48(32-35-56)52-33-38-60-59-25-10-11-26-61(59)76-82(79-64(60)46-52)73-55-22-8-3-9-23-55)68-43-44-69-81(71-54-20-6-2-7-21-54)75-58-24-12-17-51(45-58)47-29-36-57(37-30-47)74-83-77-62-27-13-15-49-39-41-67(65(49)62)42-40-50-16-14-28-63(78-83)66(50)67/h1-38,45-46H,39-44H2. The molecule has 0 saturated carbocycles. The zero-order valence-corrected chi connectivity index (χ0v) is 48.1. The third kappa shape index (κ3) is 11.6. The highest BCUT2D eigenvalue weighted by Crippen LogP contribution is 2.62. The van der Waals surface area contributed by atoms with E-state index in [0.29, 0.717) is 45.7 Å². The molecule has 0 radical (unpaired) electrons. The molecule has 1 aromatic heterocycles. The first-order chi connectivity index (χ1) is 41.0. The summed E-state index contributed by atoms with van der Waals surface area (Å²) in [5, 5.41) is 1.83. The van der Waals surface area contributed by atoms with Crippen molar-refractivity contribution in [3.05, 3.63) is 265 Å². The van der Waals surface area contributed by atoms with E-state index < -0.39 is 34.0 Å². The van der Waals surface area contributed by atoms with Crippen LogP contribution in [0.2, 0.25) is 0 Å². The predicted molar refractivity (Wildman–Crippen MR) is 326 cm³/mol. The van der Waals surface area contributed by atoms with E-state index in [4.69, 9.17) is 53.6 Å². The van der Waals surface area contributed by atoms with Gasteiger partial charge >= 0.3 is 34.0 Å². The summed E-state index contributed by atoms with van der Waals surface area (Å²) < 4.78 is 76.9. The highest BCUT2D eigenvalue weighted by molar-refractivity contribution is 7.43. The Morgan fingerprint density at radius 3 is 1.45 bits per heavy atom. The first kappa shape index (κ1) is 52.8. The molecule has 1 aliphatic heterocycles. The van der Waals surface area contributed by atoms with Crippen molar-refractivity contribution in [1.29, 1.82) is 0 Å². The Balaban J connectivity index is 0.643. The van der Waals surface area contributed by atoms with Crippen LogP contribution in [0.4, 0.5) is 0 Å². The van der Waals surface area contributed by atoms with Crippen molar-refractivity contribution in [3.63, 3.8) is 0 Å². The van der Waals surface area contributed by atoms with Gasteiger partial charge in [-0.2, -0.15) is 0 Å². The van der Waals surface area contributed by atoms with Crippen molar-refractivity contribution in [2.24, 2.45) is 0 Å². The summed E-state index contributed by atoms with van der Waals surface area (Å²) in [6.45, 7) is 0.202. The highest BCUT2D eigenvalue weighted by Gasteiger charge is 2.50. The van der Waals surface area contributed by atoms with Gasteiger partial charge in [-0.25, -0.2) is 0 Å². The molecule has 0 N–H and O–H groups in total. The third-order valence-electron chi connectivity index (χ3n) is 14.7. The van der Waals surface area contributed by atoms with E-state index in [0.717, 1.165) is 70.2 Å². The quantitative estimate of drug-likeness (QED) is 0.0566. The van der Waals surface area contributed by atoms with Crippen LogP contribution in [-0.2, 0) is 27.3 Å². The molecule has 11 aromatic rings. The lowest BCUT2D eigenvalue weighted by atomic mass is 9.76. The minimum atomic E-state index is -1.96. The summed E-state index contributed by atoms with van der Waals surface area (Å²) in [4.78, 5) is 0. The Bertz CT molecular complexity index is 4030. The molecule has 0 amide bonds. The van der Waals surface area contributed by atoms with Crippen molar-refractivity contribution < 1.29 is 53.6 Å². The second-order valence-corrected chi connectivity index (χ2v) is 24.0. The van der Waals surface area contributed by atoms with Gasteiger partial charge in [0.2, 0.25) is 0 Å². The Labute approximate surface area is 484 Å². The van der Waals surface area contributed by atoms with Crippen molar-refractivity contribution in [1.82, 2.24) is 0 Å². The summed E-state index contributed by atoms with van der Waals surface area (Å²) in [5.41, 5.74) is 10.3. The molecule has 83 heavy (non-hydrogen) atoms. The van der Waals surface area contributed by atoms with Gasteiger partial charge in [0.15, 0.2) is 0 Å². The molecule has 10 aromatic carbocycles. The number of fused-ring (bicyclic) bond motifs is 3. The van der Waals surface area contributed by atoms with Gasteiger partial charge in [-0.05, 0) is 162 Å². The monoisotopic (exact) mass is 1170 g/mol. The Kier molecular flexibility index (Phi) is 15.2. The molecule has 12 nitrogen and oxygen atoms in total. The van der Waals surface area contributed by atoms with Crippen LogP contribution in [0.15, 0.2) is 251 Å². The van der Waals surface area contributed by atoms with Crippen LogP contribution in [0.3, 0.4) is 0 Å². The molecule has 3 atom stereocenters. The van der Waals surface area contributed by atoms with Crippen LogP contribution >= 0.6 is 34.0 Å². The average molecular weight is 1170 g/mol. The van der Waals surface area contributed by atoms with Gasteiger partial charge in [0, 0.05) is 27.3 Å². The van der Waals surface area contributed by atoms with Gasteiger partial charge in [0.05, 0.1) is 13.2 Å². The molecule has 1 spiro atoms. The first-order valence-electron chi connectivity index (χ1n) is 27.2. The number of hydrogen-bond acceptors (Lipinski definition) is 12. The summed E-state index contributed by atoms with van der Waals surface area (Å²) in [7, 11) is -7.52. The van der Waals surface area contributed by atoms with E-state index in [2.05, 4.69) is 42.5 Å². The topological polar surface area (TPSA) is 119 Å². The molecule has 14 rings (SSSR count). The van der Waals surface area contributed by atoms with Crippen molar-refractivity contribution >= 4 is 56.0 Å². The molecular weight excluding hydrogens is 1120 g/mol. The van der Waals surface area contributed by atoms with Crippen molar-refractivity contribution in [2.75, 3.05) is 13.2 Å². The van der Waals surface area contributed by atoms with Gasteiger partial charge in [-0.1, -0.05) is 140 Å². The molecule has 16 heteroatoms. The van der Waals surface area contributed by atoms with E-state index in [1.54, 1.807) is 0 Å². The zero-order valence-electron chi connectivity index (χ0n) is 44.5. The zero-order chi connectivity index (χ0) is 55.4. The van der Waals surface area contributed by atoms with Crippen LogP contribution < -0.4 is 36.2 Å². The van der Waals surface area contributed by atoms with E-state index in [9.17, 15) is 0 Å². The second kappa shape index (κ2) is 23.9. The van der Waals surface area contributed by atoms with Crippen molar-refractivity contribution in [3.8, 4) is 68.2 Å². The van der Waals surface area contributed by atoms with Crippen LogP contribution in [0.25, 0.3) is 44.2 Å². The SMILES string of the molecule is c1ccc(OP(OCCOP(Oc2ccccc2)Oc2cccc(-c3ccc(OP4Oc5cccc6c5C5(CC6)CCc6cccc(c65)O4)cc3)c2)Oc2ccc(-c3ccc4c(c3)op(Oc3ccccc3)oc3ccccc34)cc2)cc1. The molecule has 0 saturated heterocycles. The summed E-state index contributed by atoms with van der Waals surface area (Å²) in [6, 6.07) is 78.6. The second-order valence-electron chi connectivity index (χ2n) is 19.9. The average Bonchev–Trinajstić information content (AvgIpc) is 3.23. The third-order valence-corrected chi connectivity index (χ3v) is 19.0. The van der Waals surface area contributed by atoms with Gasteiger partial charge < -0.3 is 44.6 Å². The number of rotatable bonds is 19. The molecular formula is C67H52O12P4. The molecule has 3 unspecified atom stereocenters. The molecule has 412 valence electrons. The molecule has 0 fully saturated rings. The number of aryl methyl sites for hydroxylation is 2. The largest absolute Gasteiger partial charge is 0.530 e.